The number of halogens is 3. The number of hydrogen-bond acceptors (Lipinski definition) is 4. The lowest BCUT2D eigenvalue weighted by atomic mass is 10.1. The molecule has 1 aliphatic heterocycles. The molecule has 0 spiro atoms. The molecule has 0 bridgehead atoms. The SMILES string of the molecule is CC(N)CCCCN1CCn2c(nnc2C(F)(F)F)C1. The summed E-state index contributed by atoms with van der Waals surface area (Å²) >= 11 is 0. The molecule has 1 aromatic rings. The summed E-state index contributed by atoms with van der Waals surface area (Å²) in [5, 5.41) is 6.93. The molecule has 1 unspecified atom stereocenters. The van der Waals surface area contributed by atoms with Gasteiger partial charge in [-0.3, -0.25) is 4.90 Å². The topological polar surface area (TPSA) is 60.0 Å². The molecule has 0 saturated carbocycles. The zero-order chi connectivity index (χ0) is 14.8. The van der Waals surface area contributed by atoms with Gasteiger partial charge in [0, 0.05) is 19.1 Å². The smallest absolute Gasteiger partial charge is 0.328 e. The minimum atomic E-state index is -4.43. The molecule has 8 heteroatoms. The number of rotatable bonds is 5. The van der Waals surface area contributed by atoms with Crippen molar-refractivity contribution >= 4 is 0 Å². The predicted octanol–water partition coefficient (Wildman–Crippen LogP) is 1.63. The van der Waals surface area contributed by atoms with Crippen LogP contribution in [0.15, 0.2) is 0 Å². The molecule has 1 atom stereocenters. The largest absolute Gasteiger partial charge is 0.451 e. The van der Waals surface area contributed by atoms with Gasteiger partial charge in [-0.2, -0.15) is 13.2 Å². The van der Waals surface area contributed by atoms with Crippen LogP contribution in [0.1, 0.15) is 37.8 Å². The first kappa shape index (κ1) is 15.2. The standard InChI is InChI=1S/C12H20F3N5/c1-9(16)4-2-3-5-19-6-7-20-10(8-19)17-18-11(20)12(13,14)15/h9H,2-8,16H2,1H3. The molecular weight excluding hydrogens is 271 g/mol. The third-order valence-electron chi connectivity index (χ3n) is 3.47. The van der Waals surface area contributed by atoms with Gasteiger partial charge in [0.1, 0.15) is 5.82 Å². The summed E-state index contributed by atoms with van der Waals surface area (Å²) in [7, 11) is 0. The van der Waals surface area contributed by atoms with Gasteiger partial charge in [0.25, 0.3) is 0 Å². The molecule has 2 rings (SSSR count). The maximum atomic E-state index is 12.7. The highest BCUT2D eigenvalue weighted by Gasteiger charge is 2.39. The van der Waals surface area contributed by atoms with Crippen LogP contribution in [-0.2, 0) is 19.3 Å². The van der Waals surface area contributed by atoms with E-state index >= 15 is 0 Å². The highest BCUT2D eigenvalue weighted by Crippen LogP contribution is 2.29. The van der Waals surface area contributed by atoms with Gasteiger partial charge in [-0.1, -0.05) is 6.42 Å². The number of nitrogens with zero attached hydrogens (tertiary/aromatic N) is 4. The molecule has 2 N–H and O–H groups in total. The van der Waals surface area contributed by atoms with Crippen LogP contribution in [-0.4, -0.2) is 38.8 Å². The summed E-state index contributed by atoms with van der Waals surface area (Å²) in [6.07, 6.45) is -1.41. The van der Waals surface area contributed by atoms with E-state index in [-0.39, 0.29) is 6.04 Å². The molecule has 114 valence electrons. The molecule has 0 amide bonds. The highest BCUT2D eigenvalue weighted by molar-refractivity contribution is 5.02. The number of hydrogen-bond donors (Lipinski definition) is 1. The Kier molecular flexibility index (Phi) is 4.64. The van der Waals surface area contributed by atoms with Crippen molar-refractivity contribution in [1.29, 1.82) is 0 Å². The van der Waals surface area contributed by atoms with Gasteiger partial charge in [-0.15, -0.1) is 10.2 Å². The molecule has 20 heavy (non-hydrogen) atoms. The van der Waals surface area contributed by atoms with Crippen molar-refractivity contribution in [2.24, 2.45) is 5.73 Å². The van der Waals surface area contributed by atoms with E-state index in [2.05, 4.69) is 15.1 Å². The summed E-state index contributed by atoms with van der Waals surface area (Å²) in [5.41, 5.74) is 5.68. The second-order valence-corrected chi connectivity index (χ2v) is 5.34. The van der Waals surface area contributed by atoms with E-state index in [1.54, 1.807) is 0 Å². The Morgan fingerprint density at radius 1 is 1.25 bits per heavy atom. The highest BCUT2D eigenvalue weighted by atomic mass is 19.4. The Bertz CT molecular complexity index is 441. The minimum absolute atomic E-state index is 0.203. The van der Waals surface area contributed by atoms with Gasteiger partial charge >= 0.3 is 6.18 Å². The first-order valence-corrected chi connectivity index (χ1v) is 6.85. The Labute approximate surface area is 115 Å². The minimum Gasteiger partial charge on any atom is -0.328 e. The molecular formula is C12H20F3N5. The Balaban J connectivity index is 1.87. The molecule has 0 aliphatic carbocycles. The molecule has 2 heterocycles. The van der Waals surface area contributed by atoms with Crippen molar-refractivity contribution in [2.75, 3.05) is 13.1 Å². The molecule has 0 radical (unpaired) electrons. The van der Waals surface area contributed by atoms with Crippen molar-refractivity contribution in [3.63, 3.8) is 0 Å². The molecule has 0 aromatic carbocycles. The maximum absolute atomic E-state index is 12.7. The van der Waals surface area contributed by atoms with Crippen LogP contribution in [0.3, 0.4) is 0 Å². The summed E-state index contributed by atoms with van der Waals surface area (Å²) < 4.78 is 39.2. The van der Waals surface area contributed by atoms with Gasteiger partial charge in [0.15, 0.2) is 0 Å². The number of unbranched alkanes of at least 4 members (excludes halogenated alkanes) is 1. The lowest BCUT2D eigenvalue weighted by Crippen LogP contribution is -2.36. The fourth-order valence-corrected chi connectivity index (χ4v) is 2.41. The summed E-state index contributed by atoms with van der Waals surface area (Å²) in [6, 6.07) is 0.203. The zero-order valence-electron chi connectivity index (χ0n) is 11.5. The van der Waals surface area contributed by atoms with E-state index in [1.165, 1.54) is 4.57 Å². The Morgan fingerprint density at radius 2 is 2.00 bits per heavy atom. The second-order valence-electron chi connectivity index (χ2n) is 5.34. The van der Waals surface area contributed by atoms with Crippen LogP contribution in [0.25, 0.3) is 0 Å². The number of aromatic nitrogens is 3. The van der Waals surface area contributed by atoms with Gasteiger partial charge in [-0.05, 0) is 26.3 Å². The van der Waals surface area contributed by atoms with E-state index in [1.807, 2.05) is 6.92 Å². The van der Waals surface area contributed by atoms with Crippen molar-refractivity contribution in [3.05, 3.63) is 11.6 Å². The summed E-state index contributed by atoms with van der Waals surface area (Å²) in [6.45, 7) is 4.17. The monoisotopic (exact) mass is 291 g/mol. The fraction of sp³-hybridized carbons (Fsp3) is 0.833. The van der Waals surface area contributed by atoms with Crippen molar-refractivity contribution < 1.29 is 13.2 Å². The first-order valence-electron chi connectivity index (χ1n) is 6.85. The average Bonchev–Trinajstić information content (AvgIpc) is 2.77. The van der Waals surface area contributed by atoms with E-state index in [9.17, 15) is 13.2 Å². The first-order chi connectivity index (χ1) is 9.38. The third kappa shape index (κ3) is 3.69. The van der Waals surface area contributed by atoms with Crippen molar-refractivity contribution in [1.82, 2.24) is 19.7 Å². The number of alkyl halides is 3. The van der Waals surface area contributed by atoms with E-state index < -0.39 is 12.0 Å². The predicted molar refractivity (Wildman–Crippen MR) is 67.8 cm³/mol. The van der Waals surface area contributed by atoms with Crippen LogP contribution in [0, 0.1) is 0 Å². The normalized spacial score (nSPS) is 18.1. The van der Waals surface area contributed by atoms with Crippen LogP contribution in [0.4, 0.5) is 13.2 Å². The molecule has 0 saturated heterocycles. The number of fused-ring (bicyclic) bond motifs is 1. The van der Waals surface area contributed by atoms with Crippen molar-refractivity contribution in [3.8, 4) is 0 Å². The summed E-state index contributed by atoms with van der Waals surface area (Å²) in [4.78, 5) is 2.12. The average molecular weight is 291 g/mol. The molecule has 1 aliphatic rings. The molecule has 1 aromatic heterocycles. The zero-order valence-corrected chi connectivity index (χ0v) is 11.5. The quantitative estimate of drug-likeness (QED) is 0.838. The van der Waals surface area contributed by atoms with Crippen LogP contribution in [0.2, 0.25) is 0 Å². The van der Waals surface area contributed by atoms with E-state index in [0.717, 1.165) is 25.8 Å². The van der Waals surface area contributed by atoms with Crippen LogP contribution >= 0.6 is 0 Å². The molecule has 5 nitrogen and oxygen atoms in total. The second kappa shape index (κ2) is 6.09. The van der Waals surface area contributed by atoms with E-state index in [4.69, 9.17) is 5.73 Å². The number of nitrogens with two attached hydrogens (primary N) is 1. The Hall–Kier alpha value is -1.15. The third-order valence-corrected chi connectivity index (χ3v) is 3.47. The van der Waals surface area contributed by atoms with Crippen LogP contribution in [0.5, 0.6) is 0 Å². The lowest BCUT2D eigenvalue weighted by Gasteiger charge is -2.27. The summed E-state index contributed by atoms with van der Waals surface area (Å²) in [5.74, 6) is -0.486. The Morgan fingerprint density at radius 3 is 2.65 bits per heavy atom. The maximum Gasteiger partial charge on any atom is 0.451 e. The molecule has 0 fully saturated rings. The van der Waals surface area contributed by atoms with Gasteiger partial charge in [0.05, 0.1) is 6.54 Å². The van der Waals surface area contributed by atoms with Gasteiger partial charge in [-0.25, -0.2) is 0 Å². The van der Waals surface area contributed by atoms with E-state index in [0.29, 0.717) is 25.5 Å². The van der Waals surface area contributed by atoms with Crippen LogP contribution < -0.4 is 5.73 Å². The lowest BCUT2D eigenvalue weighted by molar-refractivity contribution is -0.148. The fourth-order valence-electron chi connectivity index (χ4n) is 2.41. The van der Waals surface area contributed by atoms with Gasteiger partial charge < -0.3 is 10.3 Å². The van der Waals surface area contributed by atoms with Crippen molar-refractivity contribution in [2.45, 2.75) is 51.5 Å². The van der Waals surface area contributed by atoms with Gasteiger partial charge in [0.2, 0.25) is 5.82 Å².